The van der Waals surface area contributed by atoms with Crippen LogP contribution in [0.4, 0.5) is 0 Å². The molecule has 5 rings (SSSR count). The number of amides is 1. The van der Waals surface area contributed by atoms with Crippen molar-refractivity contribution in [2.45, 2.75) is 63.3 Å². The number of para-hydroxylation sites is 1. The highest BCUT2D eigenvalue weighted by atomic mass is 16.3. The fraction of sp³-hybridized carbons (Fsp3) is 0.565. The van der Waals surface area contributed by atoms with Gasteiger partial charge in [0.15, 0.2) is 0 Å². The van der Waals surface area contributed by atoms with Gasteiger partial charge in [-0.2, -0.15) is 5.26 Å². The van der Waals surface area contributed by atoms with E-state index in [2.05, 4.69) is 21.3 Å². The van der Waals surface area contributed by atoms with Gasteiger partial charge in [0.05, 0.1) is 11.6 Å². The van der Waals surface area contributed by atoms with Gasteiger partial charge >= 0.3 is 0 Å². The lowest BCUT2D eigenvalue weighted by atomic mass is 9.77. The first-order valence-electron chi connectivity index (χ1n) is 11.0. The highest BCUT2D eigenvalue weighted by Gasteiger charge is 2.47. The lowest BCUT2D eigenvalue weighted by molar-refractivity contribution is -0.136. The molecule has 0 radical (unpaired) electrons. The number of aromatic amines is 1. The first-order valence-corrected chi connectivity index (χ1v) is 11.0. The van der Waals surface area contributed by atoms with E-state index in [4.69, 9.17) is 0 Å². The number of H-pyrrole nitrogens is 1. The van der Waals surface area contributed by atoms with Gasteiger partial charge in [0, 0.05) is 42.4 Å². The van der Waals surface area contributed by atoms with Crippen LogP contribution in [-0.2, 0) is 17.8 Å². The van der Waals surface area contributed by atoms with E-state index in [-0.39, 0.29) is 23.5 Å². The maximum absolute atomic E-state index is 13.0. The maximum atomic E-state index is 13.0. The Labute approximate surface area is 175 Å². The molecule has 0 spiro atoms. The molecular formula is C23H28N4O3. The number of hydrogen-bond acceptors (Lipinski definition) is 5. The minimum absolute atomic E-state index is 0.0764. The lowest BCUT2D eigenvalue weighted by Crippen LogP contribution is -2.51. The summed E-state index contributed by atoms with van der Waals surface area (Å²) in [7, 11) is 0. The summed E-state index contributed by atoms with van der Waals surface area (Å²) in [5.41, 5.74) is 2.30. The van der Waals surface area contributed by atoms with Crippen LogP contribution in [0.2, 0.25) is 0 Å². The van der Waals surface area contributed by atoms with Crippen molar-refractivity contribution in [3.63, 3.8) is 0 Å². The molecule has 4 N–H and O–H groups in total. The number of hydrogen-bond donors (Lipinski definition) is 4. The van der Waals surface area contributed by atoms with E-state index in [0.717, 1.165) is 67.1 Å². The van der Waals surface area contributed by atoms with Crippen molar-refractivity contribution in [1.82, 2.24) is 15.2 Å². The van der Waals surface area contributed by atoms with Crippen LogP contribution in [0.5, 0.6) is 5.75 Å². The number of benzene rings is 1. The molecule has 7 heteroatoms. The summed E-state index contributed by atoms with van der Waals surface area (Å²) in [4.78, 5) is 18.4. The molecule has 0 bridgehead atoms. The van der Waals surface area contributed by atoms with Gasteiger partial charge in [-0.1, -0.05) is 25.0 Å². The number of phenolic OH excluding ortho intramolecular Hbond substituents is 1. The summed E-state index contributed by atoms with van der Waals surface area (Å²) in [5.74, 6) is -0.224. The monoisotopic (exact) mass is 408 g/mol. The molecule has 2 aromatic rings. The van der Waals surface area contributed by atoms with Gasteiger partial charge < -0.3 is 20.5 Å². The average Bonchev–Trinajstić information content (AvgIpc) is 3.44. The predicted molar refractivity (Wildman–Crippen MR) is 111 cm³/mol. The van der Waals surface area contributed by atoms with E-state index in [1.807, 2.05) is 12.1 Å². The summed E-state index contributed by atoms with van der Waals surface area (Å²) < 4.78 is 0. The van der Waals surface area contributed by atoms with Crippen LogP contribution in [0, 0.1) is 23.2 Å². The van der Waals surface area contributed by atoms with Gasteiger partial charge in [-0.05, 0) is 37.3 Å². The van der Waals surface area contributed by atoms with Crippen LogP contribution >= 0.6 is 0 Å². The highest BCUT2D eigenvalue weighted by molar-refractivity contribution is 5.89. The second-order valence-electron chi connectivity index (χ2n) is 9.15. The van der Waals surface area contributed by atoms with Crippen LogP contribution in [0.1, 0.15) is 49.8 Å². The largest absolute Gasteiger partial charge is 0.506 e. The number of aromatic hydroxyl groups is 1. The van der Waals surface area contributed by atoms with Crippen molar-refractivity contribution in [1.29, 1.82) is 5.26 Å². The summed E-state index contributed by atoms with van der Waals surface area (Å²) in [5, 5.41) is 34.7. The fourth-order valence-electron chi connectivity index (χ4n) is 5.30. The molecular weight excluding hydrogens is 380 g/mol. The van der Waals surface area contributed by atoms with Gasteiger partial charge in [-0.25, -0.2) is 0 Å². The van der Waals surface area contributed by atoms with E-state index in [9.17, 15) is 20.3 Å². The van der Waals surface area contributed by atoms with Gasteiger partial charge in [0.1, 0.15) is 17.5 Å². The number of nitrogens with one attached hydrogen (secondary N) is 2. The molecule has 2 heterocycles. The number of carbonyl (C=O) groups is 1. The highest BCUT2D eigenvalue weighted by Crippen LogP contribution is 2.39. The third-order valence-electron chi connectivity index (χ3n) is 7.26. The third kappa shape index (κ3) is 3.24. The second kappa shape index (κ2) is 7.29. The van der Waals surface area contributed by atoms with Gasteiger partial charge in [-0.15, -0.1) is 0 Å². The van der Waals surface area contributed by atoms with E-state index >= 15 is 0 Å². The van der Waals surface area contributed by atoms with Gasteiger partial charge in [-0.3, -0.25) is 9.69 Å². The molecule has 2 fully saturated rings. The Morgan fingerprint density at radius 3 is 2.90 bits per heavy atom. The number of carbonyl (C=O) groups excluding carboxylic acids is 1. The zero-order valence-electron chi connectivity index (χ0n) is 17.0. The van der Waals surface area contributed by atoms with Crippen molar-refractivity contribution >= 4 is 16.8 Å². The number of nitriles is 1. The zero-order chi connectivity index (χ0) is 20.9. The molecule has 2 unspecified atom stereocenters. The Morgan fingerprint density at radius 1 is 1.33 bits per heavy atom. The second-order valence-corrected chi connectivity index (χ2v) is 9.15. The molecule has 2 saturated carbocycles. The van der Waals surface area contributed by atoms with Crippen molar-refractivity contribution in [2.75, 3.05) is 6.54 Å². The molecule has 7 nitrogen and oxygen atoms in total. The van der Waals surface area contributed by atoms with Crippen molar-refractivity contribution in [3.8, 4) is 11.8 Å². The quantitative estimate of drug-likeness (QED) is 0.621. The first kappa shape index (κ1) is 19.4. The summed E-state index contributed by atoms with van der Waals surface area (Å²) >= 11 is 0. The maximum Gasteiger partial charge on any atom is 0.224 e. The molecule has 3 atom stereocenters. The number of fused-ring (bicyclic) bond motifs is 3. The number of aliphatic hydroxyl groups excluding tert-OH is 1. The Bertz CT molecular complexity index is 1020. The molecule has 0 saturated heterocycles. The number of nitrogens with zero attached hydrogens (tertiary/aromatic N) is 2. The Balaban J connectivity index is 1.35. The fourth-order valence-corrected chi connectivity index (χ4v) is 5.30. The summed E-state index contributed by atoms with van der Waals surface area (Å²) in [6, 6.07) is 7.74. The smallest absolute Gasteiger partial charge is 0.224 e. The molecule has 3 aliphatic rings. The van der Waals surface area contributed by atoms with Crippen LogP contribution in [0.3, 0.4) is 0 Å². The minimum atomic E-state index is -0.700. The van der Waals surface area contributed by atoms with Gasteiger partial charge in [0.2, 0.25) is 5.91 Å². The lowest BCUT2D eigenvalue weighted by Gasteiger charge is -2.40. The van der Waals surface area contributed by atoms with Gasteiger partial charge in [0.25, 0.3) is 0 Å². The van der Waals surface area contributed by atoms with Crippen LogP contribution in [-0.4, -0.2) is 44.3 Å². The molecule has 1 aliphatic heterocycles. The van der Waals surface area contributed by atoms with Crippen molar-refractivity contribution < 1.29 is 15.0 Å². The van der Waals surface area contributed by atoms with Crippen LogP contribution in [0.25, 0.3) is 10.9 Å². The SMILES string of the molecule is N#CC1(NC(=O)[C@@H]2CCCCC2C(O)N2CCc3[nH]c4c(O)cccc4c3C2)CC1. The molecule has 30 heavy (non-hydrogen) atoms. The molecule has 158 valence electrons. The minimum Gasteiger partial charge on any atom is -0.506 e. The molecule has 1 amide bonds. The summed E-state index contributed by atoms with van der Waals surface area (Å²) in [6.45, 7) is 1.29. The van der Waals surface area contributed by atoms with Crippen molar-refractivity contribution in [2.24, 2.45) is 11.8 Å². The number of rotatable bonds is 4. The van der Waals surface area contributed by atoms with Crippen LogP contribution in [0.15, 0.2) is 18.2 Å². The zero-order valence-corrected chi connectivity index (χ0v) is 17.0. The number of aliphatic hydroxyl groups is 1. The number of phenols is 1. The average molecular weight is 409 g/mol. The van der Waals surface area contributed by atoms with E-state index < -0.39 is 11.8 Å². The molecule has 2 aliphatic carbocycles. The topological polar surface area (TPSA) is 112 Å². The van der Waals surface area contributed by atoms with Crippen molar-refractivity contribution in [3.05, 3.63) is 29.5 Å². The van der Waals surface area contributed by atoms with E-state index in [1.54, 1.807) is 6.07 Å². The Morgan fingerprint density at radius 2 is 2.13 bits per heavy atom. The Hall–Kier alpha value is -2.56. The first-order chi connectivity index (χ1) is 14.5. The Kier molecular flexibility index (Phi) is 4.72. The number of aromatic nitrogens is 1. The molecule has 1 aromatic carbocycles. The standard InChI is InChI=1S/C23H28N4O3/c24-13-23(9-10-23)26-21(29)15-4-1-2-5-16(15)22(30)27-11-8-18-17(12-27)14-6-3-7-19(28)20(14)25-18/h3,6-7,15-16,22,25,28,30H,1-2,4-5,8-12H2,(H,26,29)/t15-,16?,22?/m1/s1. The summed E-state index contributed by atoms with van der Waals surface area (Å²) in [6.07, 6.45) is 5.07. The normalized spacial score (nSPS) is 26.5. The van der Waals surface area contributed by atoms with E-state index in [0.29, 0.717) is 13.1 Å². The van der Waals surface area contributed by atoms with Crippen LogP contribution < -0.4 is 5.32 Å². The predicted octanol–water partition coefficient (Wildman–Crippen LogP) is 2.53. The van der Waals surface area contributed by atoms with E-state index in [1.165, 1.54) is 0 Å². The molecule has 1 aromatic heterocycles. The third-order valence-corrected chi connectivity index (χ3v) is 7.26.